The summed E-state index contributed by atoms with van der Waals surface area (Å²) in [7, 11) is 0. The molecule has 0 atom stereocenters. The van der Waals surface area contributed by atoms with E-state index in [0.29, 0.717) is 0 Å². The molecule has 1 aliphatic rings. The van der Waals surface area contributed by atoms with Crippen LogP contribution in [0.1, 0.15) is 10.6 Å². The number of fused-ring (bicyclic) bond motifs is 2. The molecule has 0 spiro atoms. The molecule has 0 amide bonds. The number of anilines is 1. The summed E-state index contributed by atoms with van der Waals surface area (Å²) in [6, 6.07) is 1.91. The van der Waals surface area contributed by atoms with Crippen LogP contribution in [-0.2, 0) is 13.0 Å². The van der Waals surface area contributed by atoms with E-state index in [9.17, 15) is 0 Å². The molecule has 18 heavy (non-hydrogen) atoms. The fourth-order valence-corrected chi connectivity index (χ4v) is 3.59. The third kappa shape index (κ3) is 1.51. The van der Waals surface area contributed by atoms with Gasteiger partial charge in [-0.2, -0.15) is 8.75 Å². The summed E-state index contributed by atoms with van der Waals surface area (Å²) < 4.78 is 8.61. The number of pyridine rings is 1. The Balaban J connectivity index is 1.78. The Labute approximate surface area is 111 Å². The molecule has 3 aromatic heterocycles. The topological polar surface area (TPSA) is 54.8 Å². The predicted molar refractivity (Wildman–Crippen MR) is 72.1 cm³/mol. The van der Waals surface area contributed by atoms with Gasteiger partial charge in [0, 0.05) is 24.0 Å². The van der Waals surface area contributed by atoms with Gasteiger partial charge in [0.05, 0.1) is 29.5 Å². The van der Waals surface area contributed by atoms with Crippen LogP contribution < -0.4 is 4.90 Å². The first-order chi connectivity index (χ1) is 8.92. The highest BCUT2D eigenvalue weighted by Gasteiger charge is 2.21. The summed E-state index contributed by atoms with van der Waals surface area (Å²) in [4.78, 5) is 12.5. The van der Waals surface area contributed by atoms with Crippen LogP contribution in [-0.4, -0.2) is 25.3 Å². The molecule has 1 aliphatic heterocycles. The lowest BCUT2D eigenvalue weighted by Gasteiger charge is -2.27. The first-order valence-electron chi connectivity index (χ1n) is 5.65. The van der Waals surface area contributed by atoms with Gasteiger partial charge in [0.25, 0.3) is 0 Å². The molecule has 5 nitrogen and oxygen atoms in total. The molecule has 7 heteroatoms. The van der Waals surface area contributed by atoms with Crippen molar-refractivity contribution >= 4 is 39.9 Å². The second kappa shape index (κ2) is 3.96. The molecule has 0 unspecified atom stereocenters. The van der Waals surface area contributed by atoms with Gasteiger partial charge < -0.3 is 4.90 Å². The van der Waals surface area contributed by atoms with Crippen molar-refractivity contribution in [3.05, 3.63) is 28.3 Å². The van der Waals surface area contributed by atoms with E-state index in [0.717, 1.165) is 36.4 Å². The minimum atomic E-state index is 0.879. The number of rotatable bonds is 1. The number of hydrogen-bond acceptors (Lipinski definition) is 7. The fraction of sp³-hybridized carbons (Fsp3) is 0.273. The lowest BCUT2D eigenvalue weighted by atomic mass is 10.2. The van der Waals surface area contributed by atoms with Crippen molar-refractivity contribution < 1.29 is 0 Å². The van der Waals surface area contributed by atoms with E-state index in [4.69, 9.17) is 0 Å². The van der Waals surface area contributed by atoms with Crippen molar-refractivity contribution in [3.8, 4) is 0 Å². The van der Waals surface area contributed by atoms with Crippen LogP contribution in [0, 0.1) is 0 Å². The lowest BCUT2D eigenvalue weighted by Crippen LogP contribution is -2.30. The molecular formula is C11H9N5S2. The van der Waals surface area contributed by atoms with Crippen molar-refractivity contribution in [3.63, 3.8) is 0 Å². The quantitative estimate of drug-likeness (QED) is 0.681. The Bertz CT molecular complexity index is 704. The van der Waals surface area contributed by atoms with Gasteiger partial charge >= 0.3 is 0 Å². The molecule has 4 rings (SSSR count). The second-order valence-corrected chi connectivity index (χ2v) is 5.63. The molecule has 0 aromatic carbocycles. The summed E-state index contributed by atoms with van der Waals surface area (Å²) in [6.07, 6.45) is 2.79. The average molecular weight is 275 g/mol. The highest BCUT2D eigenvalue weighted by Crippen LogP contribution is 2.28. The zero-order chi connectivity index (χ0) is 11.9. The van der Waals surface area contributed by atoms with Crippen molar-refractivity contribution in [1.82, 2.24) is 18.7 Å². The zero-order valence-electron chi connectivity index (χ0n) is 9.41. The summed E-state index contributed by atoms with van der Waals surface area (Å²) >= 11 is 2.96. The molecule has 0 N–H and O–H groups in total. The maximum absolute atomic E-state index is 4.47. The Morgan fingerprint density at radius 3 is 3.22 bits per heavy atom. The van der Waals surface area contributed by atoms with Crippen LogP contribution in [0.3, 0.4) is 0 Å². The lowest BCUT2D eigenvalue weighted by molar-refractivity contribution is 0.721. The molecule has 0 radical (unpaired) electrons. The van der Waals surface area contributed by atoms with E-state index in [2.05, 4.69) is 23.6 Å². The van der Waals surface area contributed by atoms with E-state index in [1.165, 1.54) is 22.3 Å². The van der Waals surface area contributed by atoms with Gasteiger partial charge in [-0.25, -0.2) is 9.97 Å². The van der Waals surface area contributed by atoms with Gasteiger partial charge in [0.15, 0.2) is 5.82 Å². The van der Waals surface area contributed by atoms with E-state index < -0.39 is 0 Å². The average Bonchev–Trinajstić information content (AvgIpc) is 3.05. The Morgan fingerprint density at radius 2 is 2.22 bits per heavy atom. The molecule has 0 aliphatic carbocycles. The normalized spacial score (nSPS) is 15.0. The van der Waals surface area contributed by atoms with Crippen molar-refractivity contribution in [2.24, 2.45) is 0 Å². The highest BCUT2D eigenvalue weighted by molar-refractivity contribution is 7.09. The largest absolute Gasteiger partial charge is 0.349 e. The molecule has 90 valence electrons. The molecular weight excluding hydrogens is 266 g/mol. The Kier molecular flexibility index (Phi) is 2.27. The first kappa shape index (κ1) is 10.3. The van der Waals surface area contributed by atoms with Gasteiger partial charge in [-0.05, 0) is 6.07 Å². The predicted octanol–water partition coefficient (Wildman–Crippen LogP) is 2.11. The minimum absolute atomic E-state index is 0.879. The third-order valence-corrected chi connectivity index (χ3v) is 4.54. The summed E-state index contributed by atoms with van der Waals surface area (Å²) in [6.45, 7) is 1.82. The van der Waals surface area contributed by atoms with E-state index >= 15 is 0 Å². The van der Waals surface area contributed by atoms with E-state index in [1.54, 1.807) is 17.5 Å². The number of thiazole rings is 1. The van der Waals surface area contributed by atoms with Gasteiger partial charge in [-0.3, -0.25) is 0 Å². The number of hydrogen-bond donors (Lipinski definition) is 0. The molecule has 3 aromatic rings. The molecule has 4 heterocycles. The van der Waals surface area contributed by atoms with E-state index in [1.807, 2.05) is 11.6 Å². The van der Waals surface area contributed by atoms with Crippen LogP contribution in [0.4, 0.5) is 5.82 Å². The maximum Gasteiger partial charge on any atom is 0.158 e. The minimum Gasteiger partial charge on any atom is -0.349 e. The van der Waals surface area contributed by atoms with Crippen molar-refractivity contribution in [2.75, 3.05) is 11.4 Å². The zero-order valence-corrected chi connectivity index (χ0v) is 11.0. The van der Waals surface area contributed by atoms with Gasteiger partial charge in [-0.15, -0.1) is 11.3 Å². The smallest absolute Gasteiger partial charge is 0.158 e. The SMILES string of the molecule is c1cc2nsnc2c(N2CCc3ncsc3C2)n1. The number of aromatic nitrogens is 4. The van der Waals surface area contributed by atoms with Gasteiger partial charge in [0.1, 0.15) is 11.0 Å². The standard InChI is InChI=1S/C11H9N5S2/c1-3-12-11(10-8(1)14-18-15-10)16-4-2-7-9(5-16)17-6-13-7/h1,3,6H,2,4-5H2. The third-order valence-electron chi connectivity index (χ3n) is 3.13. The molecule has 0 saturated heterocycles. The van der Waals surface area contributed by atoms with Crippen LogP contribution >= 0.6 is 23.1 Å². The first-order valence-corrected chi connectivity index (χ1v) is 7.26. The van der Waals surface area contributed by atoms with Crippen LogP contribution in [0.25, 0.3) is 11.0 Å². The fourth-order valence-electron chi connectivity index (χ4n) is 2.23. The molecule has 0 bridgehead atoms. The molecule has 0 fully saturated rings. The highest BCUT2D eigenvalue weighted by atomic mass is 32.1. The maximum atomic E-state index is 4.47. The summed E-state index contributed by atoms with van der Waals surface area (Å²) in [5.41, 5.74) is 5.00. The van der Waals surface area contributed by atoms with E-state index in [-0.39, 0.29) is 0 Å². The van der Waals surface area contributed by atoms with Gasteiger partial charge in [-0.1, -0.05) is 0 Å². The monoisotopic (exact) mass is 275 g/mol. The van der Waals surface area contributed by atoms with Crippen molar-refractivity contribution in [1.29, 1.82) is 0 Å². The molecule has 0 saturated carbocycles. The van der Waals surface area contributed by atoms with Crippen LogP contribution in [0.15, 0.2) is 17.8 Å². The Hall–Kier alpha value is -1.60. The summed E-state index contributed by atoms with van der Waals surface area (Å²) in [5, 5.41) is 0. The number of nitrogens with zero attached hydrogens (tertiary/aromatic N) is 5. The second-order valence-electron chi connectivity index (χ2n) is 4.16. The summed E-state index contributed by atoms with van der Waals surface area (Å²) in [5.74, 6) is 0.945. The van der Waals surface area contributed by atoms with Crippen molar-refractivity contribution in [2.45, 2.75) is 13.0 Å². The Morgan fingerprint density at radius 1 is 1.22 bits per heavy atom. The van der Waals surface area contributed by atoms with Crippen LogP contribution in [0.5, 0.6) is 0 Å². The van der Waals surface area contributed by atoms with Crippen LogP contribution in [0.2, 0.25) is 0 Å². The van der Waals surface area contributed by atoms with Gasteiger partial charge in [0.2, 0.25) is 0 Å².